The number of nitrogens with zero attached hydrogens (tertiary/aromatic N) is 2. The maximum Gasteiger partial charge on any atom is 0.314 e. The summed E-state index contributed by atoms with van der Waals surface area (Å²) in [5, 5.41) is 10.7. The van der Waals surface area contributed by atoms with Crippen LogP contribution in [0.5, 0.6) is 0 Å². The SMILES string of the molecule is O=C(c1ccc(NS(=O)(=O)c2cccc3cccnc23)cc1)N1CCC(C(=O)O)(c2ccccc2)CC1. The van der Waals surface area contributed by atoms with E-state index in [0.717, 1.165) is 5.56 Å². The maximum atomic E-state index is 13.1. The smallest absolute Gasteiger partial charge is 0.314 e. The normalized spacial score (nSPS) is 15.3. The Balaban J connectivity index is 1.29. The molecule has 2 heterocycles. The molecule has 0 bridgehead atoms. The van der Waals surface area contributed by atoms with E-state index in [1.165, 1.54) is 6.07 Å². The molecule has 0 unspecified atom stereocenters. The summed E-state index contributed by atoms with van der Waals surface area (Å²) >= 11 is 0. The van der Waals surface area contributed by atoms with Crippen LogP contribution in [0.25, 0.3) is 10.9 Å². The van der Waals surface area contributed by atoms with Gasteiger partial charge in [-0.15, -0.1) is 0 Å². The van der Waals surface area contributed by atoms with Crippen molar-refractivity contribution in [1.29, 1.82) is 0 Å². The first-order chi connectivity index (χ1) is 17.8. The van der Waals surface area contributed by atoms with E-state index in [-0.39, 0.29) is 10.8 Å². The number of likely N-dealkylation sites (tertiary alicyclic amines) is 1. The number of carbonyl (C=O) groups excluding carboxylic acids is 1. The molecule has 3 aromatic carbocycles. The number of aliphatic carboxylic acids is 1. The number of carboxylic acids is 1. The number of fused-ring (bicyclic) bond motifs is 1. The molecule has 5 rings (SSSR count). The fraction of sp³-hybridized carbons (Fsp3) is 0.179. The first-order valence-electron chi connectivity index (χ1n) is 11.8. The van der Waals surface area contributed by atoms with Gasteiger partial charge in [-0.1, -0.05) is 48.5 Å². The van der Waals surface area contributed by atoms with Crippen molar-refractivity contribution in [1.82, 2.24) is 9.88 Å². The van der Waals surface area contributed by atoms with Crippen molar-refractivity contribution in [3.8, 4) is 0 Å². The zero-order chi connectivity index (χ0) is 26.0. The number of carbonyl (C=O) groups is 2. The molecule has 1 fully saturated rings. The van der Waals surface area contributed by atoms with Gasteiger partial charge in [0.05, 0.1) is 10.9 Å². The largest absolute Gasteiger partial charge is 0.481 e. The van der Waals surface area contributed by atoms with E-state index >= 15 is 0 Å². The van der Waals surface area contributed by atoms with Crippen molar-refractivity contribution in [2.45, 2.75) is 23.2 Å². The van der Waals surface area contributed by atoms with Crippen molar-refractivity contribution in [2.75, 3.05) is 17.8 Å². The molecule has 1 aliphatic heterocycles. The second-order valence-corrected chi connectivity index (χ2v) is 10.7. The Morgan fingerprint density at radius 1 is 0.865 bits per heavy atom. The van der Waals surface area contributed by atoms with Gasteiger partial charge >= 0.3 is 5.97 Å². The van der Waals surface area contributed by atoms with Crippen LogP contribution in [0.4, 0.5) is 5.69 Å². The van der Waals surface area contributed by atoms with Gasteiger partial charge in [-0.2, -0.15) is 0 Å². The first-order valence-corrected chi connectivity index (χ1v) is 13.3. The number of piperidine rings is 1. The molecule has 2 N–H and O–H groups in total. The summed E-state index contributed by atoms with van der Waals surface area (Å²) in [5.74, 6) is -1.11. The number of hydrogen-bond donors (Lipinski definition) is 2. The summed E-state index contributed by atoms with van der Waals surface area (Å²) in [6.45, 7) is 0.616. The average molecular weight is 516 g/mol. The number of aromatic nitrogens is 1. The van der Waals surface area contributed by atoms with Crippen LogP contribution in [0.15, 0.2) is 96.0 Å². The maximum absolute atomic E-state index is 13.1. The van der Waals surface area contributed by atoms with Gasteiger partial charge in [-0.3, -0.25) is 19.3 Å². The van der Waals surface area contributed by atoms with E-state index in [9.17, 15) is 23.1 Å². The van der Waals surface area contributed by atoms with Gasteiger partial charge in [0, 0.05) is 35.9 Å². The second-order valence-electron chi connectivity index (χ2n) is 9.06. The highest BCUT2D eigenvalue weighted by atomic mass is 32.2. The first kappa shape index (κ1) is 24.5. The van der Waals surface area contributed by atoms with E-state index in [1.54, 1.807) is 59.6 Å². The second kappa shape index (κ2) is 9.67. The van der Waals surface area contributed by atoms with Crippen LogP contribution in [0.3, 0.4) is 0 Å². The minimum absolute atomic E-state index is 0.0689. The number of nitrogens with one attached hydrogen (secondary N) is 1. The van der Waals surface area contributed by atoms with Crippen LogP contribution >= 0.6 is 0 Å². The van der Waals surface area contributed by atoms with Crippen molar-refractivity contribution in [2.24, 2.45) is 0 Å². The quantitative estimate of drug-likeness (QED) is 0.396. The highest BCUT2D eigenvalue weighted by Crippen LogP contribution is 2.36. The molecule has 1 aromatic heterocycles. The van der Waals surface area contributed by atoms with Crippen LogP contribution in [-0.2, 0) is 20.2 Å². The highest BCUT2D eigenvalue weighted by Gasteiger charge is 2.43. The van der Waals surface area contributed by atoms with E-state index < -0.39 is 21.4 Å². The van der Waals surface area contributed by atoms with E-state index in [1.807, 2.05) is 30.3 Å². The zero-order valence-electron chi connectivity index (χ0n) is 19.9. The lowest BCUT2D eigenvalue weighted by molar-refractivity contribution is -0.145. The van der Waals surface area contributed by atoms with Gasteiger partial charge in [0.15, 0.2) is 0 Å². The standard InChI is InChI=1S/C28H25N3O5S/c32-26(31-18-15-28(16-19-31,27(33)34)22-8-2-1-3-9-22)21-11-13-23(14-12-21)30-37(35,36)24-10-4-6-20-7-5-17-29-25(20)24/h1-14,17,30H,15-16,18-19H2,(H,33,34). The lowest BCUT2D eigenvalue weighted by Crippen LogP contribution is -2.49. The van der Waals surface area contributed by atoms with Crippen LogP contribution < -0.4 is 4.72 Å². The minimum Gasteiger partial charge on any atom is -0.481 e. The number of carboxylic acid groups (broad SMARTS) is 1. The van der Waals surface area contributed by atoms with Gasteiger partial charge in [-0.05, 0) is 54.8 Å². The molecule has 0 saturated carbocycles. The molecular formula is C28H25N3O5S. The molecule has 0 radical (unpaired) electrons. The number of rotatable bonds is 6. The third kappa shape index (κ3) is 4.65. The molecule has 0 spiro atoms. The number of amides is 1. The molecule has 37 heavy (non-hydrogen) atoms. The number of benzene rings is 3. The van der Waals surface area contributed by atoms with Crippen molar-refractivity contribution >= 4 is 38.5 Å². The molecule has 0 aliphatic carbocycles. The van der Waals surface area contributed by atoms with Crippen LogP contribution in [-0.4, -0.2) is 48.4 Å². The van der Waals surface area contributed by atoms with Gasteiger partial charge in [0.25, 0.3) is 15.9 Å². The Hall–Kier alpha value is -4.24. The van der Waals surface area contributed by atoms with Crippen molar-refractivity contribution < 1.29 is 23.1 Å². The molecule has 188 valence electrons. The molecule has 8 nitrogen and oxygen atoms in total. The predicted molar refractivity (Wildman–Crippen MR) is 140 cm³/mol. The van der Waals surface area contributed by atoms with Gasteiger partial charge in [0.1, 0.15) is 4.90 Å². The minimum atomic E-state index is -3.90. The summed E-state index contributed by atoms with van der Waals surface area (Å²) in [5.41, 5.74) is 0.820. The van der Waals surface area contributed by atoms with Crippen LogP contribution in [0.2, 0.25) is 0 Å². The Kier molecular flexibility index (Phi) is 6.39. The third-order valence-corrected chi connectivity index (χ3v) is 8.32. The highest BCUT2D eigenvalue weighted by molar-refractivity contribution is 7.93. The van der Waals surface area contributed by atoms with Gasteiger partial charge < -0.3 is 10.0 Å². The van der Waals surface area contributed by atoms with Crippen molar-refractivity contribution in [3.63, 3.8) is 0 Å². The lowest BCUT2D eigenvalue weighted by atomic mass is 9.73. The molecule has 1 aliphatic rings. The van der Waals surface area contributed by atoms with E-state index in [0.29, 0.717) is 48.1 Å². The lowest BCUT2D eigenvalue weighted by Gasteiger charge is -2.39. The Labute approximate surface area is 214 Å². The molecule has 4 aromatic rings. The number of sulfonamides is 1. The summed E-state index contributed by atoms with van der Waals surface area (Å²) in [7, 11) is -3.90. The summed E-state index contributed by atoms with van der Waals surface area (Å²) in [4.78, 5) is 31.2. The number of pyridine rings is 1. The molecule has 1 amide bonds. The Bertz CT molecular complexity index is 1560. The summed E-state index contributed by atoms with van der Waals surface area (Å²) in [6.07, 6.45) is 2.17. The summed E-state index contributed by atoms with van der Waals surface area (Å²) in [6, 6.07) is 23.8. The fourth-order valence-electron chi connectivity index (χ4n) is 4.84. The van der Waals surface area contributed by atoms with E-state index in [2.05, 4.69) is 9.71 Å². The molecule has 0 atom stereocenters. The fourth-order valence-corrected chi connectivity index (χ4v) is 6.08. The molecule has 9 heteroatoms. The monoisotopic (exact) mass is 515 g/mol. The Morgan fingerprint density at radius 2 is 1.54 bits per heavy atom. The van der Waals surface area contributed by atoms with Gasteiger partial charge in [0.2, 0.25) is 0 Å². The van der Waals surface area contributed by atoms with Crippen LogP contribution in [0, 0.1) is 0 Å². The Morgan fingerprint density at radius 3 is 2.22 bits per heavy atom. The third-order valence-electron chi connectivity index (χ3n) is 6.91. The van der Waals surface area contributed by atoms with Gasteiger partial charge in [-0.25, -0.2) is 8.42 Å². The van der Waals surface area contributed by atoms with E-state index in [4.69, 9.17) is 0 Å². The summed E-state index contributed by atoms with van der Waals surface area (Å²) < 4.78 is 28.6. The predicted octanol–water partition coefficient (Wildman–Crippen LogP) is 4.29. The van der Waals surface area contributed by atoms with Crippen molar-refractivity contribution in [3.05, 3.63) is 102 Å². The number of hydrogen-bond acceptors (Lipinski definition) is 5. The number of anilines is 1. The topological polar surface area (TPSA) is 117 Å². The average Bonchev–Trinajstić information content (AvgIpc) is 2.93. The zero-order valence-corrected chi connectivity index (χ0v) is 20.7. The molecular weight excluding hydrogens is 490 g/mol. The van der Waals surface area contributed by atoms with Crippen LogP contribution in [0.1, 0.15) is 28.8 Å². The number of para-hydroxylation sites is 1. The molecule has 1 saturated heterocycles.